The zero-order valence-electron chi connectivity index (χ0n) is 12.1. The first-order chi connectivity index (χ1) is 9.83. The molecule has 0 N–H and O–H groups in total. The van der Waals surface area contributed by atoms with Crippen molar-refractivity contribution < 1.29 is 9.18 Å². The molecule has 1 amide bonds. The molecule has 0 saturated carbocycles. The van der Waals surface area contributed by atoms with Crippen molar-refractivity contribution in [3.63, 3.8) is 0 Å². The van der Waals surface area contributed by atoms with Gasteiger partial charge in [-0.1, -0.05) is 15.9 Å². The molecule has 0 radical (unpaired) electrons. The van der Waals surface area contributed by atoms with Crippen LogP contribution >= 0.6 is 15.9 Å². The number of hydrogen-bond donors (Lipinski definition) is 0. The first kappa shape index (κ1) is 15.9. The number of amides is 1. The standard InChI is InChI=1S/C15H17BrFN3O/c1-15(2,10-18)20-5-3-19(4-6-20)14(21)11-7-12(16)9-13(17)8-11/h7-9H,3-6H2,1-2H3. The van der Waals surface area contributed by atoms with Gasteiger partial charge >= 0.3 is 0 Å². The molecule has 0 atom stereocenters. The minimum Gasteiger partial charge on any atom is -0.336 e. The Morgan fingerprint density at radius 3 is 2.43 bits per heavy atom. The average molecular weight is 354 g/mol. The van der Waals surface area contributed by atoms with Crippen molar-refractivity contribution in [2.45, 2.75) is 19.4 Å². The van der Waals surface area contributed by atoms with Crippen LogP contribution in [0.4, 0.5) is 4.39 Å². The quantitative estimate of drug-likeness (QED) is 0.820. The lowest BCUT2D eigenvalue weighted by molar-refractivity contribution is 0.0520. The number of nitriles is 1. The molecular weight excluding hydrogens is 337 g/mol. The van der Waals surface area contributed by atoms with Gasteiger partial charge in [0, 0.05) is 36.2 Å². The summed E-state index contributed by atoms with van der Waals surface area (Å²) in [7, 11) is 0. The fourth-order valence-electron chi connectivity index (χ4n) is 2.40. The van der Waals surface area contributed by atoms with Crippen LogP contribution in [0.5, 0.6) is 0 Å². The third kappa shape index (κ3) is 3.60. The Bertz CT molecular complexity index is 569. The van der Waals surface area contributed by atoms with Crippen molar-refractivity contribution in [1.29, 1.82) is 5.26 Å². The lowest BCUT2D eigenvalue weighted by Crippen LogP contribution is -2.55. The predicted molar refractivity (Wildman–Crippen MR) is 81.3 cm³/mol. The third-order valence-electron chi connectivity index (χ3n) is 3.74. The van der Waals surface area contributed by atoms with Crippen molar-refractivity contribution in [2.24, 2.45) is 0 Å². The molecule has 1 saturated heterocycles. The lowest BCUT2D eigenvalue weighted by Gasteiger charge is -2.40. The fraction of sp³-hybridized carbons (Fsp3) is 0.467. The highest BCUT2D eigenvalue weighted by atomic mass is 79.9. The molecule has 0 aliphatic carbocycles. The number of nitrogens with zero attached hydrogens (tertiary/aromatic N) is 3. The second-order valence-electron chi connectivity index (χ2n) is 5.61. The maximum absolute atomic E-state index is 13.4. The Morgan fingerprint density at radius 1 is 1.29 bits per heavy atom. The van der Waals surface area contributed by atoms with Crippen LogP contribution in [0.15, 0.2) is 22.7 Å². The van der Waals surface area contributed by atoms with E-state index >= 15 is 0 Å². The Labute approximate surface area is 132 Å². The number of hydrogen-bond acceptors (Lipinski definition) is 3. The van der Waals surface area contributed by atoms with E-state index in [2.05, 4.69) is 26.9 Å². The SMILES string of the molecule is CC(C)(C#N)N1CCN(C(=O)c2cc(F)cc(Br)c2)CC1. The van der Waals surface area contributed by atoms with Gasteiger partial charge in [-0.15, -0.1) is 0 Å². The van der Waals surface area contributed by atoms with Gasteiger partial charge in [0.15, 0.2) is 0 Å². The minimum atomic E-state index is -0.531. The highest BCUT2D eigenvalue weighted by Crippen LogP contribution is 2.19. The van der Waals surface area contributed by atoms with Crippen molar-refractivity contribution >= 4 is 21.8 Å². The summed E-state index contributed by atoms with van der Waals surface area (Å²) in [4.78, 5) is 16.1. The number of piperazine rings is 1. The van der Waals surface area contributed by atoms with Gasteiger partial charge in [0.1, 0.15) is 11.4 Å². The first-order valence-electron chi connectivity index (χ1n) is 6.75. The van der Waals surface area contributed by atoms with E-state index < -0.39 is 11.4 Å². The van der Waals surface area contributed by atoms with Crippen LogP contribution in [0.2, 0.25) is 0 Å². The Morgan fingerprint density at radius 2 is 1.90 bits per heavy atom. The molecule has 4 nitrogen and oxygen atoms in total. The first-order valence-corrected chi connectivity index (χ1v) is 7.54. The Balaban J connectivity index is 2.05. The number of rotatable bonds is 2. The highest BCUT2D eigenvalue weighted by molar-refractivity contribution is 9.10. The molecule has 0 aromatic heterocycles. The van der Waals surface area contributed by atoms with Crippen LogP contribution < -0.4 is 0 Å². The van der Waals surface area contributed by atoms with Gasteiger partial charge in [-0.25, -0.2) is 4.39 Å². The van der Waals surface area contributed by atoms with Crippen molar-refractivity contribution in [2.75, 3.05) is 26.2 Å². The molecule has 1 aliphatic heterocycles. The molecule has 0 bridgehead atoms. The normalized spacial score (nSPS) is 16.6. The zero-order chi connectivity index (χ0) is 15.6. The van der Waals surface area contributed by atoms with Crippen LogP contribution in [0.25, 0.3) is 0 Å². The van der Waals surface area contributed by atoms with Crippen LogP contribution in [0, 0.1) is 17.1 Å². The molecular formula is C15H17BrFN3O. The van der Waals surface area contributed by atoms with Crippen molar-refractivity contribution in [3.8, 4) is 6.07 Å². The van der Waals surface area contributed by atoms with E-state index in [-0.39, 0.29) is 5.91 Å². The van der Waals surface area contributed by atoms with E-state index in [1.165, 1.54) is 12.1 Å². The molecule has 1 heterocycles. The van der Waals surface area contributed by atoms with Gasteiger partial charge in [-0.2, -0.15) is 5.26 Å². The Hall–Kier alpha value is -1.45. The topological polar surface area (TPSA) is 47.3 Å². The molecule has 112 valence electrons. The summed E-state index contributed by atoms with van der Waals surface area (Å²) in [5.41, 5.74) is -0.188. The highest BCUT2D eigenvalue weighted by Gasteiger charge is 2.31. The maximum Gasteiger partial charge on any atom is 0.254 e. The number of benzene rings is 1. The molecule has 1 fully saturated rings. The predicted octanol–water partition coefficient (Wildman–Crippen LogP) is 2.65. The molecule has 0 unspecified atom stereocenters. The molecule has 1 aliphatic rings. The second kappa shape index (κ2) is 6.12. The van der Waals surface area contributed by atoms with E-state index in [1.807, 2.05) is 13.8 Å². The van der Waals surface area contributed by atoms with Crippen molar-refractivity contribution in [3.05, 3.63) is 34.1 Å². The summed E-state index contributed by atoms with van der Waals surface area (Å²) in [6.07, 6.45) is 0. The van der Waals surface area contributed by atoms with Gasteiger partial charge in [0.2, 0.25) is 0 Å². The third-order valence-corrected chi connectivity index (χ3v) is 4.20. The van der Waals surface area contributed by atoms with Crippen molar-refractivity contribution in [1.82, 2.24) is 9.80 Å². The van der Waals surface area contributed by atoms with E-state index in [0.717, 1.165) is 0 Å². The van der Waals surface area contributed by atoms with Gasteiger partial charge in [0.25, 0.3) is 5.91 Å². The molecule has 1 aromatic rings. The minimum absolute atomic E-state index is 0.176. The summed E-state index contributed by atoms with van der Waals surface area (Å²) in [6.45, 7) is 6.10. The number of carbonyl (C=O) groups excluding carboxylic acids is 1. The molecule has 0 spiro atoms. The number of carbonyl (C=O) groups is 1. The summed E-state index contributed by atoms with van der Waals surface area (Å²) in [5, 5.41) is 9.14. The molecule has 6 heteroatoms. The van der Waals surface area contributed by atoms with Crippen LogP contribution in [0.1, 0.15) is 24.2 Å². The smallest absolute Gasteiger partial charge is 0.254 e. The second-order valence-corrected chi connectivity index (χ2v) is 6.52. The largest absolute Gasteiger partial charge is 0.336 e. The fourth-order valence-corrected chi connectivity index (χ4v) is 2.86. The summed E-state index contributed by atoms with van der Waals surface area (Å²) in [5.74, 6) is -0.610. The van der Waals surface area contributed by atoms with Crippen LogP contribution in [-0.2, 0) is 0 Å². The van der Waals surface area contributed by atoms with Crippen LogP contribution in [0.3, 0.4) is 0 Å². The average Bonchev–Trinajstić information content (AvgIpc) is 2.45. The molecule has 1 aromatic carbocycles. The van der Waals surface area contributed by atoms with Crippen LogP contribution in [-0.4, -0.2) is 47.4 Å². The van der Waals surface area contributed by atoms with E-state index in [1.54, 1.807) is 11.0 Å². The monoisotopic (exact) mass is 353 g/mol. The van der Waals surface area contributed by atoms with E-state index in [4.69, 9.17) is 5.26 Å². The van der Waals surface area contributed by atoms with Gasteiger partial charge in [0.05, 0.1) is 6.07 Å². The maximum atomic E-state index is 13.4. The van der Waals surface area contributed by atoms with Gasteiger partial charge in [-0.3, -0.25) is 9.69 Å². The zero-order valence-corrected chi connectivity index (χ0v) is 13.7. The summed E-state index contributed by atoms with van der Waals surface area (Å²) in [6, 6.07) is 6.46. The summed E-state index contributed by atoms with van der Waals surface area (Å²) >= 11 is 3.20. The van der Waals surface area contributed by atoms with Gasteiger partial charge in [-0.05, 0) is 32.0 Å². The summed E-state index contributed by atoms with van der Waals surface area (Å²) < 4.78 is 13.9. The van der Waals surface area contributed by atoms with Gasteiger partial charge < -0.3 is 4.90 Å². The van der Waals surface area contributed by atoms with E-state index in [9.17, 15) is 9.18 Å². The van der Waals surface area contributed by atoms with E-state index in [0.29, 0.717) is 36.2 Å². The lowest BCUT2D eigenvalue weighted by atomic mass is 10.0. The molecule has 2 rings (SSSR count). The number of halogens is 2. The molecule has 21 heavy (non-hydrogen) atoms. The Kier molecular flexibility index (Phi) is 4.64.